The Hall–Kier alpha value is -1.96. The molecular formula is C14H12FN. The topological polar surface area (TPSA) is 12.9 Å². The summed E-state index contributed by atoms with van der Waals surface area (Å²) in [6, 6.07) is 11.7. The lowest BCUT2D eigenvalue weighted by atomic mass is 10.1. The van der Waals surface area contributed by atoms with E-state index in [0.29, 0.717) is 0 Å². The Kier molecular flexibility index (Phi) is 3.10. The first-order chi connectivity index (χ1) is 7.75. The Morgan fingerprint density at radius 2 is 1.56 bits per heavy atom. The predicted octanol–water partition coefficient (Wildman–Crippen LogP) is 4.08. The van der Waals surface area contributed by atoms with Gasteiger partial charge in [-0.15, -0.1) is 0 Å². The molecule has 0 aliphatic rings. The van der Waals surface area contributed by atoms with E-state index < -0.39 is 0 Å². The highest BCUT2D eigenvalue weighted by atomic mass is 19.1. The first kappa shape index (κ1) is 10.6. The third-order valence-corrected chi connectivity index (χ3v) is 2.29. The van der Waals surface area contributed by atoms with Crippen LogP contribution in [0.25, 0.3) is 17.2 Å². The van der Waals surface area contributed by atoms with Gasteiger partial charge in [-0.1, -0.05) is 24.3 Å². The van der Waals surface area contributed by atoms with Crippen molar-refractivity contribution in [3.63, 3.8) is 0 Å². The maximum atomic E-state index is 12.7. The highest BCUT2D eigenvalue weighted by Gasteiger charge is 1.96. The van der Waals surface area contributed by atoms with Gasteiger partial charge >= 0.3 is 0 Å². The Balaban J connectivity index is 2.30. The molecule has 0 saturated carbocycles. The minimum atomic E-state index is -0.184. The van der Waals surface area contributed by atoms with Crippen molar-refractivity contribution in [3.05, 3.63) is 60.2 Å². The van der Waals surface area contributed by atoms with Gasteiger partial charge in [0.2, 0.25) is 0 Å². The van der Waals surface area contributed by atoms with Crippen molar-refractivity contribution in [1.29, 1.82) is 0 Å². The van der Waals surface area contributed by atoms with Crippen molar-refractivity contribution < 1.29 is 4.39 Å². The monoisotopic (exact) mass is 213 g/mol. The zero-order valence-electron chi connectivity index (χ0n) is 9.02. The molecule has 1 nitrogen and oxygen atoms in total. The second-order valence-corrected chi connectivity index (χ2v) is 3.59. The van der Waals surface area contributed by atoms with Crippen LogP contribution in [0.15, 0.2) is 54.6 Å². The highest BCUT2D eigenvalue weighted by Crippen LogP contribution is 2.19. The molecule has 2 aromatic rings. The SMILES string of the molecule is C/C(F)=C/c1ccc(-c2ccncc2)cc1. The van der Waals surface area contributed by atoms with Gasteiger partial charge in [-0.05, 0) is 41.8 Å². The fraction of sp³-hybridized carbons (Fsp3) is 0.0714. The molecule has 1 aromatic carbocycles. The van der Waals surface area contributed by atoms with Crippen LogP contribution in [0, 0.1) is 0 Å². The van der Waals surface area contributed by atoms with Gasteiger partial charge in [0.1, 0.15) is 0 Å². The van der Waals surface area contributed by atoms with E-state index in [1.807, 2.05) is 36.4 Å². The third kappa shape index (κ3) is 2.54. The molecule has 0 bridgehead atoms. The largest absolute Gasteiger partial charge is 0.265 e. The van der Waals surface area contributed by atoms with E-state index in [-0.39, 0.29) is 5.83 Å². The third-order valence-electron chi connectivity index (χ3n) is 2.29. The number of halogens is 1. The molecule has 0 aliphatic heterocycles. The molecule has 0 radical (unpaired) electrons. The maximum Gasteiger partial charge on any atom is 0.0974 e. The molecule has 0 amide bonds. The minimum absolute atomic E-state index is 0.184. The molecule has 0 saturated heterocycles. The Bertz CT molecular complexity index is 482. The lowest BCUT2D eigenvalue weighted by molar-refractivity contribution is 0.648. The number of hydrogen-bond acceptors (Lipinski definition) is 1. The molecule has 16 heavy (non-hydrogen) atoms. The van der Waals surface area contributed by atoms with E-state index >= 15 is 0 Å². The van der Waals surface area contributed by atoms with Gasteiger partial charge in [0, 0.05) is 12.4 Å². The molecule has 0 spiro atoms. The number of pyridine rings is 1. The van der Waals surface area contributed by atoms with Crippen LogP contribution >= 0.6 is 0 Å². The number of benzene rings is 1. The molecule has 2 rings (SSSR count). The first-order valence-corrected chi connectivity index (χ1v) is 5.10. The summed E-state index contributed by atoms with van der Waals surface area (Å²) < 4.78 is 12.7. The lowest BCUT2D eigenvalue weighted by Gasteiger charge is -2.01. The number of nitrogens with zero attached hydrogens (tertiary/aromatic N) is 1. The number of allylic oxidation sites excluding steroid dienone is 1. The van der Waals surface area contributed by atoms with Crippen LogP contribution in [0.2, 0.25) is 0 Å². The Morgan fingerprint density at radius 3 is 2.12 bits per heavy atom. The van der Waals surface area contributed by atoms with Crippen molar-refractivity contribution in [2.45, 2.75) is 6.92 Å². The molecule has 0 unspecified atom stereocenters. The lowest BCUT2D eigenvalue weighted by Crippen LogP contribution is -1.79. The van der Waals surface area contributed by atoms with Crippen LogP contribution in [0.4, 0.5) is 4.39 Å². The van der Waals surface area contributed by atoms with Crippen molar-refractivity contribution in [1.82, 2.24) is 4.98 Å². The molecule has 0 fully saturated rings. The summed E-state index contributed by atoms with van der Waals surface area (Å²) in [5.41, 5.74) is 3.09. The summed E-state index contributed by atoms with van der Waals surface area (Å²) in [5.74, 6) is -0.184. The molecule has 80 valence electrons. The molecule has 0 N–H and O–H groups in total. The van der Waals surface area contributed by atoms with E-state index in [0.717, 1.165) is 16.7 Å². The average Bonchev–Trinajstić information content (AvgIpc) is 2.30. The second kappa shape index (κ2) is 4.71. The van der Waals surface area contributed by atoms with Crippen LogP contribution in [0.3, 0.4) is 0 Å². The van der Waals surface area contributed by atoms with E-state index in [2.05, 4.69) is 4.98 Å². The molecule has 2 heteroatoms. The Morgan fingerprint density at radius 1 is 1.00 bits per heavy atom. The van der Waals surface area contributed by atoms with E-state index in [1.54, 1.807) is 12.4 Å². The van der Waals surface area contributed by atoms with E-state index in [9.17, 15) is 4.39 Å². The van der Waals surface area contributed by atoms with Gasteiger partial charge in [-0.25, -0.2) is 4.39 Å². The van der Waals surface area contributed by atoms with Gasteiger partial charge in [-0.2, -0.15) is 0 Å². The minimum Gasteiger partial charge on any atom is -0.265 e. The summed E-state index contributed by atoms with van der Waals surface area (Å²) in [6.07, 6.45) is 5.03. The maximum absolute atomic E-state index is 12.7. The van der Waals surface area contributed by atoms with Gasteiger partial charge in [0.05, 0.1) is 5.83 Å². The van der Waals surface area contributed by atoms with Gasteiger partial charge in [-0.3, -0.25) is 4.98 Å². The zero-order chi connectivity index (χ0) is 11.4. The van der Waals surface area contributed by atoms with E-state index in [4.69, 9.17) is 0 Å². The summed E-state index contributed by atoms with van der Waals surface area (Å²) in [4.78, 5) is 3.97. The highest BCUT2D eigenvalue weighted by molar-refractivity contribution is 5.65. The number of aromatic nitrogens is 1. The predicted molar refractivity (Wildman–Crippen MR) is 64.4 cm³/mol. The smallest absolute Gasteiger partial charge is 0.0974 e. The fourth-order valence-corrected chi connectivity index (χ4v) is 1.55. The van der Waals surface area contributed by atoms with E-state index in [1.165, 1.54) is 13.0 Å². The molecular weight excluding hydrogens is 201 g/mol. The Labute approximate surface area is 94.3 Å². The normalized spacial score (nSPS) is 11.5. The number of rotatable bonds is 2. The van der Waals surface area contributed by atoms with Crippen molar-refractivity contribution >= 4 is 6.08 Å². The number of hydrogen-bond donors (Lipinski definition) is 0. The van der Waals surface area contributed by atoms with Crippen molar-refractivity contribution in [3.8, 4) is 11.1 Å². The van der Waals surface area contributed by atoms with Crippen molar-refractivity contribution in [2.75, 3.05) is 0 Å². The van der Waals surface area contributed by atoms with Crippen molar-refractivity contribution in [2.24, 2.45) is 0 Å². The fourth-order valence-electron chi connectivity index (χ4n) is 1.55. The quantitative estimate of drug-likeness (QED) is 0.732. The van der Waals surface area contributed by atoms with Crippen LogP contribution in [-0.4, -0.2) is 4.98 Å². The summed E-state index contributed by atoms with van der Waals surface area (Å²) >= 11 is 0. The van der Waals surface area contributed by atoms with Gasteiger partial charge < -0.3 is 0 Å². The van der Waals surface area contributed by atoms with Crippen LogP contribution in [0.5, 0.6) is 0 Å². The summed E-state index contributed by atoms with van der Waals surface area (Å²) in [6.45, 7) is 1.44. The summed E-state index contributed by atoms with van der Waals surface area (Å²) in [5, 5.41) is 0. The van der Waals surface area contributed by atoms with Crippen LogP contribution in [0.1, 0.15) is 12.5 Å². The molecule has 0 aliphatic carbocycles. The van der Waals surface area contributed by atoms with Gasteiger partial charge in [0.15, 0.2) is 0 Å². The zero-order valence-corrected chi connectivity index (χ0v) is 9.02. The molecule has 0 atom stereocenters. The van der Waals surface area contributed by atoms with Crippen LogP contribution < -0.4 is 0 Å². The van der Waals surface area contributed by atoms with Crippen LogP contribution in [-0.2, 0) is 0 Å². The standard InChI is InChI=1S/C14H12FN/c1-11(15)10-12-2-4-13(5-3-12)14-6-8-16-9-7-14/h2-10H,1H3/b11-10-. The first-order valence-electron chi connectivity index (χ1n) is 5.10. The van der Waals surface area contributed by atoms with Gasteiger partial charge in [0.25, 0.3) is 0 Å². The molecule has 1 aromatic heterocycles. The second-order valence-electron chi connectivity index (χ2n) is 3.59. The summed E-state index contributed by atoms with van der Waals surface area (Å²) in [7, 11) is 0. The molecule has 1 heterocycles. The average molecular weight is 213 g/mol.